The Hall–Kier alpha value is -0.120. The topological polar surface area (TPSA) is 24.5 Å². The molecule has 0 radical (unpaired) electrons. The van der Waals surface area contributed by atoms with E-state index < -0.39 is 0 Å². The average Bonchev–Trinajstić information content (AvgIpc) is 2.69. The quantitative estimate of drug-likeness (QED) is 0.847. The van der Waals surface area contributed by atoms with Crippen LogP contribution in [0.1, 0.15) is 40.0 Å². The lowest BCUT2D eigenvalue weighted by atomic mass is 9.69. The number of likely N-dealkylation sites (N-methyl/N-ethyl adjacent to an activating group) is 1. The van der Waals surface area contributed by atoms with Crippen LogP contribution >= 0.6 is 0 Å². The van der Waals surface area contributed by atoms with Crippen LogP contribution in [0.5, 0.6) is 0 Å². The fourth-order valence-electron chi connectivity index (χ4n) is 4.78. The van der Waals surface area contributed by atoms with Crippen molar-refractivity contribution in [2.45, 2.75) is 52.2 Å². The second-order valence-electron chi connectivity index (χ2n) is 7.83. The van der Waals surface area contributed by atoms with Crippen LogP contribution in [0.3, 0.4) is 0 Å². The Labute approximate surface area is 118 Å². The molecule has 0 aromatic carbocycles. The molecule has 3 rings (SSSR count). The standard InChI is InChI=1S/C16H30N2O/c1-15(2)12-5-6-16(15,3)14(9-12)17-10-13-11-18(4)7-8-19-13/h12-14,17H,5-11H2,1-4H3. The highest BCUT2D eigenvalue weighted by atomic mass is 16.5. The minimum atomic E-state index is 0.379. The van der Waals surface area contributed by atoms with Crippen molar-refractivity contribution in [1.29, 1.82) is 0 Å². The number of nitrogens with zero attached hydrogens (tertiary/aromatic N) is 1. The van der Waals surface area contributed by atoms with Crippen LogP contribution in [0, 0.1) is 16.7 Å². The second kappa shape index (κ2) is 4.71. The third-order valence-corrected chi connectivity index (χ3v) is 6.73. The average molecular weight is 266 g/mol. The van der Waals surface area contributed by atoms with Crippen LogP contribution in [0.2, 0.25) is 0 Å². The predicted octanol–water partition coefficient (Wildman–Crippen LogP) is 2.12. The van der Waals surface area contributed by atoms with E-state index in [-0.39, 0.29) is 0 Å². The van der Waals surface area contributed by atoms with Crippen LogP contribution in [0.25, 0.3) is 0 Å². The number of fused-ring (bicyclic) bond motifs is 2. The fourth-order valence-corrected chi connectivity index (χ4v) is 4.78. The molecule has 110 valence electrons. The molecule has 4 atom stereocenters. The minimum Gasteiger partial charge on any atom is -0.374 e. The van der Waals surface area contributed by atoms with Gasteiger partial charge in [0.2, 0.25) is 0 Å². The molecule has 19 heavy (non-hydrogen) atoms. The van der Waals surface area contributed by atoms with E-state index in [1.54, 1.807) is 0 Å². The molecule has 0 aromatic heterocycles. The van der Waals surface area contributed by atoms with Crippen molar-refractivity contribution >= 4 is 0 Å². The normalized spacial score (nSPS) is 45.8. The van der Waals surface area contributed by atoms with Crippen molar-refractivity contribution in [2.24, 2.45) is 16.7 Å². The maximum atomic E-state index is 5.87. The maximum absolute atomic E-state index is 5.87. The lowest BCUT2D eigenvalue weighted by molar-refractivity contribution is -0.0222. The van der Waals surface area contributed by atoms with Gasteiger partial charge >= 0.3 is 0 Å². The molecular weight excluding hydrogens is 236 g/mol. The molecule has 1 aliphatic heterocycles. The van der Waals surface area contributed by atoms with Crippen LogP contribution in [0.4, 0.5) is 0 Å². The Bertz CT molecular complexity index is 344. The summed E-state index contributed by atoms with van der Waals surface area (Å²) in [6, 6.07) is 0.692. The summed E-state index contributed by atoms with van der Waals surface area (Å²) in [5.41, 5.74) is 0.993. The Balaban J connectivity index is 1.57. The van der Waals surface area contributed by atoms with Gasteiger partial charge < -0.3 is 15.0 Å². The highest BCUT2D eigenvalue weighted by Gasteiger charge is 2.61. The van der Waals surface area contributed by atoms with E-state index in [1.807, 2.05) is 0 Å². The molecule has 3 nitrogen and oxygen atoms in total. The summed E-state index contributed by atoms with van der Waals surface area (Å²) >= 11 is 0. The molecule has 1 N–H and O–H groups in total. The number of ether oxygens (including phenoxy) is 1. The molecule has 1 saturated heterocycles. The zero-order valence-electron chi connectivity index (χ0n) is 13.0. The fraction of sp³-hybridized carbons (Fsp3) is 1.00. The maximum Gasteiger partial charge on any atom is 0.0826 e. The van der Waals surface area contributed by atoms with Gasteiger partial charge in [0.05, 0.1) is 12.7 Å². The van der Waals surface area contributed by atoms with Gasteiger partial charge in [-0.05, 0) is 43.1 Å². The third kappa shape index (κ3) is 2.14. The molecule has 2 saturated carbocycles. The Morgan fingerprint density at radius 1 is 1.32 bits per heavy atom. The van der Waals surface area contributed by atoms with Crippen LogP contribution in [0.15, 0.2) is 0 Å². The van der Waals surface area contributed by atoms with Gasteiger partial charge in [-0.2, -0.15) is 0 Å². The number of hydrogen-bond acceptors (Lipinski definition) is 3. The molecule has 4 unspecified atom stereocenters. The SMILES string of the molecule is CN1CCOC(CNC2CC3CCC2(C)C3(C)C)C1. The molecule has 3 heteroatoms. The Morgan fingerprint density at radius 3 is 2.68 bits per heavy atom. The molecule has 0 aromatic rings. The lowest BCUT2D eigenvalue weighted by Gasteiger charge is -2.40. The summed E-state index contributed by atoms with van der Waals surface area (Å²) < 4.78 is 5.87. The molecule has 3 aliphatic rings. The van der Waals surface area contributed by atoms with Crippen molar-refractivity contribution in [3.63, 3.8) is 0 Å². The number of rotatable bonds is 3. The summed E-state index contributed by atoms with van der Waals surface area (Å²) in [5, 5.41) is 3.85. The van der Waals surface area contributed by atoms with Gasteiger partial charge in [0.1, 0.15) is 0 Å². The summed E-state index contributed by atoms with van der Waals surface area (Å²) in [6.07, 6.45) is 4.58. The zero-order chi connectivity index (χ0) is 13.7. The van der Waals surface area contributed by atoms with E-state index in [9.17, 15) is 0 Å². The van der Waals surface area contributed by atoms with Gasteiger partial charge in [-0.3, -0.25) is 0 Å². The zero-order valence-corrected chi connectivity index (χ0v) is 13.0. The van der Waals surface area contributed by atoms with E-state index in [0.29, 0.717) is 23.0 Å². The van der Waals surface area contributed by atoms with Crippen molar-refractivity contribution < 1.29 is 4.74 Å². The van der Waals surface area contributed by atoms with Gasteiger partial charge in [-0.1, -0.05) is 20.8 Å². The Morgan fingerprint density at radius 2 is 2.11 bits per heavy atom. The highest BCUT2D eigenvalue weighted by molar-refractivity contribution is 5.13. The summed E-state index contributed by atoms with van der Waals surface area (Å²) in [7, 11) is 2.19. The van der Waals surface area contributed by atoms with Crippen molar-refractivity contribution in [2.75, 3.05) is 33.3 Å². The summed E-state index contributed by atoms with van der Waals surface area (Å²) in [6.45, 7) is 11.5. The summed E-state index contributed by atoms with van der Waals surface area (Å²) in [5.74, 6) is 0.921. The largest absolute Gasteiger partial charge is 0.374 e. The first-order valence-corrected chi connectivity index (χ1v) is 7.97. The van der Waals surface area contributed by atoms with E-state index in [1.165, 1.54) is 19.3 Å². The third-order valence-electron chi connectivity index (χ3n) is 6.73. The molecular formula is C16H30N2O. The first-order chi connectivity index (χ1) is 8.93. The van der Waals surface area contributed by atoms with E-state index in [2.05, 4.69) is 38.0 Å². The first-order valence-electron chi connectivity index (χ1n) is 7.97. The van der Waals surface area contributed by atoms with E-state index in [0.717, 1.165) is 32.2 Å². The number of hydrogen-bond donors (Lipinski definition) is 1. The number of morpholine rings is 1. The van der Waals surface area contributed by atoms with Crippen molar-refractivity contribution in [3.05, 3.63) is 0 Å². The summed E-state index contributed by atoms with van der Waals surface area (Å²) in [4.78, 5) is 2.38. The van der Waals surface area contributed by atoms with Crippen molar-refractivity contribution in [3.8, 4) is 0 Å². The van der Waals surface area contributed by atoms with Gasteiger partial charge in [0, 0.05) is 25.7 Å². The van der Waals surface area contributed by atoms with Crippen LogP contribution in [-0.2, 0) is 4.74 Å². The highest BCUT2D eigenvalue weighted by Crippen LogP contribution is 2.65. The Kier molecular flexibility index (Phi) is 3.43. The van der Waals surface area contributed by atoms with Crippen molar-refractivity contribution in [1.82, 2.24) is 10.2 Å². The molecule has 0 amide bonds. The van der Waals surface area contributed by atoms with Gasteiger partial charge in [-0.15, -0.1) is 0 Å². The molecule has 3 fully saturated rings. The van der Waals surface area contributed by atoms with E-state index in [4.69, 9.17) is 4.74 Å². The second-order valence-corrected chi connectivity index (χ2v) is 7.83. The molecule has 0 spiro atoms. The lowest BCUT2D eigenvalue weighted by Crippen LogP contribution is -2.50. The van der Waals surface area contributed by atoms with E-state index >= 15 is 0 Å². The molecule has 2 aliphatic carbocycles. The van der Waals surface area contributed by atoms with Crippen LogP contribution in [-0.4, -0.2) is 50.3 Å². The van der Waals surface area contributed by atoms with Crippen LogP contribution < -0.4 is 5.32 Å². The smallest absolute Gasteiger partial charge is 0.0826 e. The predicted molar refractivity (Wildman–Crippen MR) is 78.3 cm³/mol. The molecule has 2 bridgehead atoms. The van der Waals surface area contributed by atoms with Gasteiger partial charge in [0.15, 0.2) is 0 Å². The first kappa shape index (κ1) is 13.8. The minimum absolute atomic E-state index is 0.379. The monoisotopic (exact) mass is 266 g/mol. The molecule has 1 heterocycles. The van der Waals surface area contributed by atoms with Gasteiger partial charge in [-0.25, -0.2) is 0 Å². The van der Waals surface area contributed by atoms with Gasteiger partial charge in [0.25, 0.3) is 0 Å². The number of nitrogens with one attached hydrogen (secondary N) is 1.